The van der Waals surface area contributed by atoms with Gasteiger partial charge in [-0.3, -0.25) is 9.59 Å². The summed E-state index contributed by atoms with van der Waals surface area (Å²) >= 11 is 0. The molecule has 0 aromatic heterocycles. The van der Waals surface area contributed by atoms with Crippen molar-refractivity contribution < 1.29 is 19.1 Å². The molecule has 1 aliphatic rings. The number of benzene rings is 1. The van der Waals surface area contributed by atoms with Crippen LogP contribution in [-0.2, 0) is 19.1 Å². The van der Waals surface area contributed by atoms with Gasteiger partial charge in [0.15, 0.2) is 0 Å². The number of carbonyl (C=O) groups is 2. The Morgan fingerprint density at radius 1 is 1.06 bits per heavy atom. The van der Waals surface area contributed by atoms with Gasteiger partial charge in [-0.25, -0.2) is 0 Å². The van der Waals surface area contributed by atoms with Crippen molar-refractivity contribution in [2.24, 2.45) is 0 Å². The monoisotopic (exact) mass is 218 g/mol. The molecule has 1 aromatic rings. The van der Waals surface area contributed by atoms with E-state index in [1.807, 2.05) is 30.3 Å². The predicted molar refractivity (Wildman–Crippen MR) is 56.1 cm³/mol. The number of hydrogen-bond acceptors (Lipinski definition) is 4. The van der Waals surface area contributed by atoms with E-state index in [-0.39, 0.29) is 6.42 Å². The van der Waals surface area contributed by atoms with E-state index < -0.39 is 18.2 Å². The summed E-state index contributed by atoms with van der Waals surface area (Å²) in [7, 11) is 0. The van der Waals surface area contributed by atoms with Crippen LogP contribution in [-0.4, -0.2) is 18.2 Å². The molecular formula is C12H10O4. The first-order valence-corrected chi connectivity index (χ1v) is 4.86. The third kappa shape index (κ3) is 2.70. The second-order valence-electron chi connectivity index (χ2n) is 3.29. The summed E-state index contributed by atoms with van der Waals surface area (Å²) in [4.78, 5) is 21.9. The van der Waals surface area contributed by atoms with Crippen LogP contribution in [0.15, 0.2) is 36.4 Å². The van der Waals surface area contributed by atoms with Crippen molar-refractivity contribution in [3.8, 4) is 0 Å². The average Bonchev–Trinajstić information content (AvgIpc) is 2.27. The highest BCUT2D eigenvalue weighted by Crippen LogP contribution is 2.11. The van der Waals surface area contributed by atoms with Gasteiger partial charge >= 0.3 is 11.9 Å². The van der Waals surface area contributed by atoms with Crippen molar-refractivity contribution in [2.45, 2.75) is 12.7 Å². The van der Waals surface area contributed by atoms with E-state index in [1.165, 1.54) is 6.08 Å². The number of cyclic esters (lactones) is 2. The van der Waals surface area contributed by atoms with E-state index in [1.54, 1.807) is 6.08 Å². The van der Waals surface area contributed by atoms with Crippen molar-refractivity contribution in [1.29, 1.82) is 0 Å². The molecule has 0 saturated carbocycles. The zero-order chi connectivity index (χ0) is 11.4. The Morgan fingerprint density at radius 3 is 2.31 bits per heavy atom. The van der Waals surface area contributed by atoms with E-state index in [9.17, 15) is 9.59 Å². The van der Waals surface area contributed by atoms with Crippen LogP contribution in [0.3, 0.4) is 0 Å². The Labute approximate surface area is 92.5 Å². The summed E-state index contributed by atoms with van der Waals surface area (Å²) in [5.41, 5.74) is 0.945. The fourth-order valence-corrected chi connectivity index (χ4v) is 1.32. The van der Waals surface area contributed by atoms with Crippen molar-refractivity contribution in [3.05, 3.63) is 42.0 Å². The molecular weight excluding hydrogens is 208 g/mol. The van der Waals surface area contributed by atoms with Gasteiger partial charge in [-0.2, -0.15) is 0 Å². The molecule has 1 fully saturated rings. The van der Waals surface area contributed by atoms with E-state index >= 15 is 0 Å². The maximum absolute atomic E-state index is 10.9. The lowest BCUT2D eigenvalue weighted by Crippen LogP contribution is -2.30. The van der Waals surface area contributed by atoms with Crippen LogP contribution in [0.1, 0.15) is 12.0 Å². The van der Waals surface area contributed by atoms with E-state index in [0.717, 1.165) is 5.56 Å². The summed E-state index contributed by atoms with van der Waals surface area (Å²) in [6, 6.07) is 9.46. The smallest absolute Gasteiger partial charge is 0.320 e. The molecule has 2 rings (SSSR count). The average molecular weight is 218 g/mol. The highest BCUT2D eigenvalue weighted by Gasteiger charge is 2.25. The second kappa shape index (κ2) is 4.61. The van der Waals surface area contributed by atoms with Crippen molar-refractivity contribution >= 4 is 18.0 Å². The fraction of sp³-hybridized carbons (Fsp3) is 0.167. The maximum Gasteiger partial charge on any atom is 0.320 e. The van der Waals surface area contributed by atoms with Crippen LogP contribution in [0.2, 0.25) is 0 Å². The number of hydrogen-bond donors (Lipinski definition) is 0. The minimum atomic E-state index is -0.908. The summed E-state index contributed by atoms with van der Waals surface area (Å²) in [5.74, 6) is -1.11. The predicted octanol–water partition coefficient (Wildman–Crippen LogP) is 1.52. The lowest BCUT2D eigenvalue weighted by atomic mass is 10.2. The van der Waals surface area contributed by atoms with E-state index in [4.69, 9.17) is 9.47 Å². The van der Waals surface area contributed by atoms with Gasteiger partial charge in [0.1, 0.15) is 6.42 Å². The highest BCUT2D eigenvalue weighted by molar-refractivity contribution is 5.92. The minimum Gasteiger partial charge on any atom is -0.421 e. The van der Waals surface area contributed by atoms with E-state index in [2.05, 4.69) is 0 Å². The second-order valence-corrected chi connectivity index (χ2v) is 3.29. The third-order valence-electron chi connectivity index (χ3n) is 2.03. The van der Waals surface area contributed by atoms with Crippen molar-refractivity contribution in [2.75, 3.05) is 0 Å². The molecule has 0 aliphatic carbocycles. The lowest BCUT2D eigenvalue weighted by molar-refractivity contribution is -0.194. The first-order chi connectivity index (χ1) is 7.74. The van der Waals surface area contributed by atoms with Gasteiger partial charge in [-0.15, -0.1) is 0 Å². The van der Waals surface area contributed by atoms with Crippen LogP contribution in [0.4, 0.5) is 0 Å². The molecule has 16 heavy (non-hydrogen) atoms. The Bertz CT molecular complexity index is 406. The SMILES string of the molecule is O=C1CC(=O)OC(C=Cc2ccccc2)O1. The van der Waals surface area contributed by atoms with Gasteiger partial charge < -0.3 is 9.47 Å². The van der Waals surface area contributed by atoms with Gasteiger partial charge in [-0.1, -0.05) is 36.4 Å². The molecule has 4 nitrogen and oxygen atoms in total. The van der Waals surface area contributed by atoms with Gasteiger partial charge in [0.25, 0.3) is 6.29 Å². The fourth-order valence-electron chi connectivity index (χ4n) is 1.32. The molecule has 1 aromatic carbocycles. The Morgan fingerprint density at radius 2 is 1.69 bits per heavy atom. The lowest BCUT2D eigenvalue weighted by Gasteiger charge is -2.19. The quantitative estimate of drug-likeness (QED) is 0.557. The molecule has 1 saturated heterocycles. The molecule has 0 bridgehead atoms. The van der Waals surface area contributed by atoms with Gasteiger partial charge in [0.05, 0.1) is 0 Å². The Hall–Kier alpha value is -2.10. The van der Waals surface area contributed by atoms with Crippen LogP contribution in [0, 0.1) is 0 Å². The molecule has 0 N–H and O–H groups in total. The largest absolute Gasteiger partial charge is 0.421 e. The normalized spacial score (nSPS) is 17.2. The van der Waals surface area contributed by atoms with E-state index in [0.29, 0.717) is 0 Å². The van der Waals surface area contributed by atoms with Gasteiger partial charge in [-0.05, 0) is 11.6 Å². The van der Waals surface area contributed by atoms with Crippen molar-refractivity contribution in [3.63, 3.8) is 0 Å². The number of esters is 2. The number of rotatable bonds is 2. The first-order valence-electron chi connectivity index (χ1n) is 4.86. The topological polar surface area (TPSA) is 52.6 Å². The zero-order valence-corrected chi connectivity index (χ0v) is 8.46. The van der Waals surface area contributed by atoms with Crippen LogP contribution < -0.4 is 0 Å². The first kappa shape index (κ1) is 10.4. The summed E-state index contributed by atoms with van der Waals surface area (Å²) in [6.07, 6.45) is 2.05. The van der Waals surface area contributed by atoms with Crippen LogP contribution in [0.5, 0.6) is 0 Å². The number of carbonyl (C=O) groups excluding carboxylic acids is 2. The van der Waals surface area contributed by atoms with Gasteiger partial charge in [0.2, 0.25) is 0 Å². The Kier molecular flexibility index (Phi) is 3.00. The third-order valence-corrected chi connectivity index (χ3v) is 2.03. The summed E-state index contributed by atoms with van der Waals surface area (Å²) < 4.78 is 9.62. The van der Waals surface area contributed by atoms with Crippen LogP contribution in [0.25, 0.3) is 6.08 Å². The number of ether oxygens (including phenoxy) is 2. The highest BCUT2D eigenvalue weighted by atomic mass is 16.7. The van der Waals surface area contributed by atoms with Gasteiger partial charge in [0, 0.05) is 0 Å². The molecule has 0 unspecified atom stereocenters. The maximum atomic E-state index is 10.9. The molecule has 0 atom stereocenters. The van der Waals surface area contributed by atoms with Crippen molar-refractivity contribution in [1.82, 2.24) is 0 Å². The molecule has 1 heterocycles. The molecule has 82 valence electrons. The zero-order valence-electron chi connectivity index (χ0n) is 8.46. The molecule has 1 aliphatic heterocycles. The molecule has 0 radical (unpaired) electrons. The molecule has 4 heteroatoms. The summed E-state index contributed by atoms with van der Waals surface area (Å²) in [6.45, 7) is 0. The minimum absolute atomic E-state index is 0.310. The molecule has 0 amide bonds. The summed E-state index contributed by atoms with van der Waals surface area (Å²) in [5, 5.41) is 0. The molecule has 0 spiro atoms. The van der Waals surface area contributed by atoms with Crippen LogP contribution >= 0.6 is 0 Å². The Balaban J connectivity index is 2.02. The standard InChI is InChI=1S/C12H10O4/c13-10-8-11(14)16-12(15-10)7-6-9-4-2-1-3-5-9/h1-7,12H,8H2.